The van der Waals surface area contributed by atoms with Crippen LogP contribution in [0.4, 0.5) is 0 Å². The van der Waals surface area contributed by atoms with Crippen LogP contribution in [0.3, 0.4) is 0 Å². The number of carbonyl (C=O) groups excluding carboxylic acids is 1. The lowest BCUT2D eigenvalue weighted by Crippen LogP contribution is -2.78. The highest BCUT2D eigenvalue weighted by Crippen LogP contribution is 2.71. The number of rotatable bonds is 17. The zero-order chi connectivity index (χ0) is 59.8. The molecule has 0 aromatic carbocycles. The fraction of sp³-hybridized carbons (Fsp3) is 0.947. The van der Waals surface area contributed by atoms with Gasteiger partial charge in [0.1, 0.15) is 83.9 Å². The van der Waals surface area contributed by atoms with Gasteiger partial charge in [-0.25, -0.2) is 0 Å². The normalized spacial score (nSPS) is 52.9. The van der Waals surface area contributed by atoms with Gasteiger partial charge in [-0.05, 0) is 85.0 Å². The first kappa shape index (κ1) is 64.8. The maximum Gasteiger partial charge on any atom is 0.302 e. The van der Waals surface area contributed by atoms with E-state index in [1.54, 1.807) is 35.0 Å². The third kappa shape index (κ3) is 11.2. The first-order chi connectivity index (χ1) is 38.7. The van der Waals surface area contributed by atoms with Gasteiger partial charge in [0, 0.05) is 60.5 Å². The first-order valence-electron chi connectivity index (χ1n) is 29.4. The van der Waals surface area contributed by atoms with Gasteiger partial charge in [-0.2, -0.15) is 0 Å². The average Bonchev–Trinajstić information content (AvgIpc) is 3.91. The predicted octanol–water partition coefficient (Wildman–Crippen LogP) is 0.129. The molecule has 0 bridgehead atoms. The molecule has 25 heteroatoms. The SMILES string of the molecule is CO[C@H]1[C@@H](O)[C@H](O[C@@H]2[C@@H](C)O[C@@H](O[C@@H]3[C@@H](C)O[C@@H](O[C@H]4[C@@H](OC)C[C@H](O[C@H]5CC[C@@]6(C)C(=CC[C@]7(O)[C@@H]6CC(OC(C)=O)[C@@]6(C)[C@]7(O)CC[C@]6(O)C(C)O)C5)O[C@@H]4C)C[C@H]3OC)C[C@H]2OC)O[C@H](C)[C@H]1O[C@@H]1O[C@H](CO)[C@@H](O)[C@H](O)[C@H]1O. The monoisotopic (exact) mass is 1180 g/mol. The van der Waals surface area contributed by atoms with Gasteiger partial charge < -0.3 is 117 Å². The summed E-state index contributed by atoms with van der Waals surface area (Å²) in [6.45, 7) is 13.1. The van der Waals surface area contributed by atoms with E-state index >= 15 is 0 Å². The Hall–Kier alpha value is -1.71. The summed E-state index contributed by atoms with van der Waals surface area (Å²) in [5.41, 5.74) is -6.43. The Morgan fingerprint density at radius 1 is 0.634 bits per heavy atom. The molecule has 3 saturated carbocycles. The fourth-order valence-corrected chi connectivity index (χ4v) is 16.0. The van der Waals surface area contributed by atoms with E-state index in [4.69, 9.17) is 71.1 Å². The van der Waals surface area contributed by atoms with E-state index in [1.165, 1.54) is 28.1 Å². The highest BCUT2D eigenvalue weighted by Gasteiger charge is 2.81. The van der Waals surface area contributed by atoms with Crippen LogP contribution >= 0.6 is 0 Å². The van der Waals surface area contributed by atoms with Crippen LogP contribution in [-0.2, 0) is 75.8 Å². The average molecular weight is 1180 g/mol. The van der Waals surface area contributed by atoms with Crippen LogP contribution < -0.4 is 0 Å². The van der Waals surface area contributed by atoms with Gasteiger partial charge in [-0.3, -0.25) is 4.79 Å². The number of fused-ring (bicyclic) bond motifs is 5. The molecule has 9 N–H and O–H groups in total. The summed E-state index contributed by atoms with van der Waals surface area (Å²) in [6.07, 6.45) is -17.9. The van der Waals surface area contributed by atoms with Crippen molar-refractivity contribution in [2.75, 3.05) is 35.0 Å². The zero-order valence-electron chi connectivity index (χ0n) is 49.4. The van der Waals surface area contributed by atoms with E-state index in [9.17, 15) is 50.8 Å². The molecule has 5 heterocycles. The van der Waals surface area contributed by atoms with Crippen LogP contribution in [0.15, 0.2) is 11.6 Å². The van der Waals surface area contributed by atoms with E-state index in [2.05, 4.69) is 6.92 Å². The van der Waals surface area contributed by atoms with Crippen LogP contribution in [0.5, 0.6) is 0 Å². The number of esters is 1. The second-order valence-electron chi connectivity index (χ2n) is 25.2. The predicted molar refractivity (Wildman–Crippen MR) is 281 cm³/mol. The van der Waals surface area contributed by atoms with Gasteiger partial charge in [-0.15, -0.1) is 0 Å². The minimum absolute atomic E-state index is 0.0226. The molecule has 0 radical (unpaired) electrons. The van der Waals surface area contributed by atoms with Crippen molar-refractivity contribution < 1.29 is 122 Å². The molecule has 5 saturated heterocycles. The molecule has 82 heavy (non-hydrogen) atoms. The third-order valence-electron chi connectivity index (χ3n) is 20.8. The molecular weight excluding hydrogens is 1080 g/mol. The molecule has 0 amide bonds. The Morgan fingerprint density at radius 3 is 1.66 bits per heavy atom. The minimum atomic E-state index is -1.87. The van der Waals surface area contributed by atoms with E-state index < -0.39 is 194 Å². The molecule has 9 rings (SSSR count). The quantitative estimate of drug-likeness (QED) is 0.0690. The van der Waals surface area contributed by atoms with Gasteiger partial charge in [0.2, 0.25) is 0 Å². The summed E-state index contributed by atoms with van der Waals surface area (Å²) in [5.74, 6) is -1.10. The van der Waals surface area contributed by atoms with Gasteiger partial charge in [0.05, 0.1) is 67.0 Å². The van der Waals surface area contributed by atoms with Crippen LogP contribution in [0.2, 0.25) is 0 Å². The van der Waals surface area contributed by atoms with E-state index in [0.29, 0.717) is 32.1 Å². The molecule has 25 nitrogen and oxygen atoms in total. The molecule has 8 fully saturated rings. The van der Waals surface area contributed by atoms with Crippen LogP contribution in [0.25, 0.3) is 0 Å². The largest absolute Gasteiger partial charge is 0.462 e. The molecular formula is C57H94O25. The molecule has 0 aromatic rings. The number of carbonyl (C=O) groups is 1. The Labute approximate surface area is 479 Å². The molecule has 5 aliphatic heterocycles. The first-order valence-corrected chi connectivity index (χ1v) is 29.4. The number of aliphatic hydroxyl groups is 9. The summed E-state index contributed by atoms with van der Waals surface area (Å²) in [7, 11) is 6.11. The summed E-state index contributed by atoms with van der Waals surface area (Å²) in [4.78, 5) is 12.6. The van der Waals surface area contributed by atoms with Crippen molar-refractivity contribution in [2.24, 2.45) is 16.7 Å². The molecule has 4 aliphatic carbocycles. The zero-order valence-corrected chi connectivity index (χ0v) is 49.4. The Kier molecular flexibility index (Phi) is 19.8. The number of hydrogen-bond acceptors (Lipinski definition) is 25. The molecule has 9 aliphatic rings. The third-order valence-corrected chi connectivity index (χ3v) is 20.8. The minimum Gasteiger partial charge on any atom is -0.462 e. The van der Waals surface area contributed by atoms with Crippen molar-refractivity contribution in [1.82, 2.24) is 0 Å². The molecule has 0 spiro atoms. The number of ether oxygens (including phenoxy) is 15. The second kappa shape index (κ2) is 25.0. The lowest BCUT2D eigenvalue weighted by Gasteiger charge is -2.67. The molecule has 2 unspecified atom stereocenters. The van der Waals surface area contributed by atoms with Gasteiger partial charge in [-0.1, -0.05) is 25.5 Å². The lowest BCUT2D eigenvalue weighted by molar-refractivity contribution is -0.374. The van der Waals surface area contributed by atoms with Crippen molar-refractivity contribution in [2.45, 2.75) is 290 Å². The van der Waals surface area contributed by atoms with Gasteiger partial charge in [0.25, 0.3) is 0 Å². The maximum absolute atomic E-state index is 12.8. The maximum atomic E-state index is 12.8. The van der Waals surface area contributed by atoms with Crippen LogP contribution in [0, 0.1) is 16.7 Å². The lowest BCUT2D eigenvalue weighted by atomic mass is 9.42. The van der Waals surface area contributed by atoms with Crippen LogP contribution in [0.1, 0.15) is 120 Å². The molecule has 31 atom stereocenters. The number of methoxy groups -OCH3 is 4. The van der Waals surface area contributed by atoms with E-state index in [0.717, 1.165) is 5.57 Å². The van der Waals surface area contributed by atoms with Crippen LogP contribution in [-0.4, -0.2) is 257 Å². The highest BCUT2D eigenvalue weighted by atomic mass is 16.8. The number of hydrogen-bond donors (Lipinski definition) is 9. The van der Waals surface area contributed by atoms with E-state index in [-0.39, 0.29) is 38.2 Å². The van der Waals surface area contributed by atoms with Crippen molar-refractivity contribution in [3.05, 3.63) is 11.6 Å². The van der Waals surface area contributed by atoms with Crippen molar-refractivity contribution >= 4 is 5.97 Å². The van der Waals surface area contributed by atoms with Gasteiger partial charge in [0.15, 0.2) is 31.5 Å². The number of aliphatic hydroxyl groups excluding tert-OH is 6. The Bertz CT molecular complexity index is 2190. The van der Waals surface area contributed by atoms with E-state index in [1.807, 2.05) is 19.9 Å². The van der Waals surface area contributed by atoms with Crippen molar-refractivity contribution in [3.63, 3.8) is 0 Å². The molecule has 0 aromatic heterocycles. The van der Waals surface area contributed by atoms with Gasteiger partial charge >= 0.3 is 5.97 Å². The summed E-state index contributed by atoms with van der Waals surface area (Å²) in [5, 5.41) is 101. The highest BCUT2D eigenvalue weighted by molar-refractivity contribution is 5.66. The Balaban J connectivity index is 0.774. The molecule has 472 valence electrons. The van der Waals surface area contributed by atoms with Crippen molar-refractivity contribution in [1.29, 1.82) is 0 Å². The fourth-order valence-electron chi connectivity index (χ4n) is 16.0. The summed E-state index contributed by atoms with van der Waals surface area (Å²) < 4.78 is 93.0. The smallest absolute Gasteiger partial charge is 0.302 e. The summed E-state index contributed by atoms with van der Waals surface area (Å²) >= 11 is 0. The summed E-state index contributed by atoms with van der Waals surface area (Å²) in [6, 6.07) is 0. The second-order valence-corrected chi connectivity index (χ2v) is 25.2. The Morgan fingerprint density at radius 2 is 1.15 bits per heavy atom. The standard InChI is InChI=1S/C57H94O25/c1-25-46(33(68-9)20-39(72-25)77-32-14-15-53(7)31(19-32)13-16-56(66)37(53)23-38(76-30(6)60)54(8)55(65,29(5)59)17-18-57(54,56)67)79-40-21-34(69-10)47(26(2)73-40)80-41-22-35(70-11)48(27(3)74-41)81-52-45(64)50(71-12)49(28(4)75-52)82-51-44(63)43(62)42(61)36(24-58)78-51/h13,25-29,32-52,58-59,61-67H,14-24H2,1-12H3/t25-,26-,27-,28-,29?,32+,33+,34-,35-,36-,37-,38?,39+,40+,41+,42-,43+,44-,45-,46-,47-,48-,49-,50+,51+,52+,53+,54-,55+,56+,57-/m1/s1. The topological polar surface area (TPSA) is 338 Å². The van der Waals surface area contributed by atoms with Crippen molar-refractivity contribution in [3.8, 4) is 0 Å².